The molecule has 0 bridgehead atoms. The van der Waals surface area contributed by atoms with E-state index in [9.17, 15) is 14.4 Å². The molecule has 0 heterocycles. The van der Waals surface area contributed by atoms with Crippen LogP contribution < -0.4 is 5.32 Å². The average Bonchev–Trinajstić information content (AvgIpc) is 2.64. The standard InChI is InChI=1S/C19H15NO6/c21-17(22)15-9-14(10-16(11-15)18(23)24)7-4-8-20-19(25)26-12-13-5-2-1-3-6-13/h1-3,5-6,9-11H,8,12H2,(H,20,25)(H,21,22)(H,23,24). The van der Waals surface area contributed by atoms with Crippen LogP contribution in [0.3, 0.4) is 0 Å². The highest BCUT2D eigenvalue weighted by molar-refractivity contribution is 5.94. The minimum atomic E-state index is -1.25. The first kappa shape index (κ1) is 18.5. The number of alkyl carbamates (subject to hydrolysis) is 1. The number of rotatable bonds is 5. The third kappa shape index (κ3) is 5.69. The lowest BCUT2D eigenvalue weighted by molar-refractivity contribution is 0.0696. The Morgan fingerprint density at radius 1 is 0.962 bits per heavy atom. The molecule has 7 nitrogen and oxygen atoms in total. The summed E-state index contributed by atoms with van der Waals surface area (Å²) in [7, 11) is 0. The molecule has 0 unspecified atom stereocenters. The Labute approximate surface area is 149 Å². The molecule has 0 aliphatic heterocycles. The second-order valence-corrected chi connectivity index (χ2v) is 5.13. The summed E-state index contributed by atoms with van der Waals surface area (Å²) in [5.74, 6) is 2.73. The summed E-state index contributed by atoms with van der Waals surface area (Å²) in [5, 5.41) is 20.4. The van der Waals surface area contributed by atoms with Crippen LogP contribution in [-0.4, -0.2) is 34.8 Å². The molecule has 0 fully saturated rings. The van der Waals surface area contributed by atoms with Crippen molar-refractivity contribution in [2.24, 2.45) is 0 Å². The van der Waals surface area contributed by atoms with Gasteiger partial charge in [-0.2, -0.15) is 0 Å². The van der Waals surface area contributed by atoms with E-state index in [0.29, 0.717) is 0 Å². The normalized spacial score (nSPS) is 9.54. The fraction of sp³-hybridized carbons (Fsp3) is 0.105. The molecule has 0 aromatic heterocycles. The Morgan fingerprint density at radius 3 is 2.15 bits per heavy atom. The van der Waals surface area contributed by atoms with E-state index in [-0.39, 0.29) is 29.8 Å². The van der Waals surface area contributed by atoms with Crippen molar-refractivity contribution in [3.8, 4) is 11.8 Å². The number of nitrogens with one attached hydrogen (secondary N) is 1. The predicted molar refractivity (Wildman–Crippen MR) is 91.9 cm³/mol. The van der Waals surface area contributed by atoms with Gasteiger partial charge in [-0.05, 0) is 23.8 Å². The monoisotopic (exact) mass is 353 g/mol. The average molecular weight is 353 g/mol. The molecule has 0 spiro atoms. The molecule has 2 rings (SSSR count). The summed E-state index contributed by atoms with van der Waals surface area (Å²) >= 11 is 0. The Morgan fingerprint density at radius 2 is 1.58 bits per heavy atom. The fourth-order valence-corrected chi connectivity index (χ4v) is 1.98. The molecule has 0 atom stereocenters. The third-order valence-electron chi connectivity index (χ3n) is 3.19. The molecule has 0 radical (unpaired) electrons. The molecule has 3 N–H and O–H groups in total. The van der Waals surface area contributed by atoms with Gasteiger partial charge in [-0.15, -0.1) is 0 Å². The molecule has 0 saturated heterocycles. The number of carbonyl (C=O) groups is 3. The highest BCUT2D eigenvalue weighted by Gasteiger charge is 2.10. The molecule has 0 aliphatic rings. The molecular formula is C19H15NO6. The third-order valence-corrected chi connectivity index (χ3v) is 3.19. The van der Waals surface area contributed by atoms with Gasteiger partial charge >= 0.3 is 18.0 Å². The van der Waals surface area contributed by atoms with E-state index in [2.05, 4.69) is 17.2 Å². The maximum absolute atomic E-state index is 11.6. The molecule has 7 heteroatoms. The molecular weight excluding hydrogens is 338 g/mol. The maximum atomic E-state index is 11.6. The summed E-state index contributed by atoms with van der Waals surface area (Å²) in [6, 6.07) is 12.7. The molecule has 0 aliphatic carbocycles. The van der Waals surface area contributed by atoms with Crippen molar-refractivity contribution in [3.63, 3.8) is 0 Å². The van der Waals surface area contributed by atoms with E-state index >= 15 is 0 Å². The minimum Gasteiger partial charge on any atom is -0.478 e. The Bertz CT molecular complexity index is 848. The van der Waals surface area contributed by atoms with Crippen molar-refractivity contribution in [3.05, 3.63) is 70.8 Å². The van der Waals surface area contributed by atoms with Crippen molar-refractivity contribution in [1.82, 2.24) is 5.32 Å². The van der Waals surface area contributed by atoms with Gasteiger partial charge in [0.2, 0.25) is 0 Å². The van der Waals surface area contributed by atoms with Gasteiger partial charge in [0.25, 0.3) is 0 Å². The zero-order valence-electron chi connectivity index (χ0n) is 13.6. The first-order valence-electron chi connectivity index (χ1n) is 7.51. The predicted octanol–water partition coefficient (Wildman–Crippen LogP) is 2.36. The van der Waals surface area contributed by atoms with Crippen LogP contribution in [0.5, 0.6) is 0 Å². The molecule has 0 saturated carbocycles. The smallest absolute Gasteiger partial charge is 0.408 e. The van der Waals surface area contributed by atoms with Crippen LogP contribution in [0.15, 0.2) is 48.5 Å². The molecule has 2 aromatic rings. The Kier molecular flexibility index (Phi) is 6.34. The van der Waals surface area contributed by atoms with Gasteiger partial charge in [0.1, 0.15) is 6.61 Å². The van der Waals surface area contributed by atoms with Crippen molar-refractivity contribution in [1.29, 1.82) is 0 Å². The SMILES string of the molecule is O=C(NCC#Cc1cc(C(=O)O)cc(C(=O)O)c1)OCc1ccccc1. The molecule has 132 valence electrons. The van der Waals surface area contributed by atoms with Gasteiger partial charge in [-0.3, -0.25) is 0 Å². The number of carboxylic acids is 2. The van der Waals surface area contributed by atoms with Gasteiger partial charge in [-0.25, -0.2) is 14.4 Å². The highest BCUT2D eigenvalue weighted by atomic mass is 16.5. The quantitative estimate of drug-likeness (QED) is 0.711. The van der Waals surface area contributed by atoms with Crippen LogP contribution in [0, 0.1) is 11.8 Å². The zero-order chi connectivity index (χ0) is 18.9. The van der Waals surface area contributed by atoms with Crippen LogP contribution in [0.4, 0.5) is 4.79 Å². The summed E-state index contributed by atoms with van der Waals surface area (Å²) < 4.78 is 5.01. The summed E-state index contributed by atoms with van der Waals surface area (Å²) in [6.07, 6.45) is -0.645. The second-order valence-electron chi connectivity index (χ2n) is 5.13. The largest absolute Gasteiger partial charge is 0.478 e. The number of aromatic carboxylic acids is 2. The Hall–Kier alpha value is -3.79. The van der Waals surface area contributed by atoms with Crippen molar-refractivity contribution in [2.45, 2.75) is 6.61 Å². The number of carboxylic acid groups (broad SMARTS) is 2. The van der Waals surface area contributed by atoms with Crippen molar-refractivity contribution >= 4 is 18.0 Å². The number of amides is 1. The van der Waals surface area contributed by atoms with E-state index in [1.807, 2.05) is 30.3 Å². The van der Waals surface area contributed by atoms with E-state index in [1.54, 1.807) is 0 Å². The summed E-state index contributed by atoms with van der Waals surface area (Å²) in [4.78, 5) is 33.6. The molecule has 1 amide bonds. The van der Waals surface area contributed by atoms with Crippen LogP contribution >= 0.6 is 0 Å². The van der Waals surface area contributed by atoms with Gasteiger partial charge in [0.15, 0.2) is 0 Å². The number of hydrogen-bond acceptors (Lipinski definition) is 4. The van der Waals surface area contributed by atoms with Crippen LogP contribution in [-0.2, 0) is 11.3 Å². The number of benzene rings is 2. The van der Waals surface area contributed by atoms with Gasteiger partial charge in [-0.1, -0.05) is 42.2 Å². The topological polar surface area (TPSA) is 113 Å². The van der Waals surface area contributed by atoms with Crippen LogP contribution in [0.1, 0.15) is 31.8 Å². The molecule has 26 heavy (non-hydrogen) atoms. The maximum Gasteiger partial charge on any atom is 0.408 e. The van der Waals surface area contributed by atoms with E-state index < -0.39 is 18.0 Å². The van der Waals surface area contributed by atoms with Gasteiger partial charge in [0, 0.05) is 5.56 Å². The molecule has 2 aromatic carbocycles. The zero-order valence-corrected chi connectivity index (χ0v) is 13.6. The van der Waals surface area contributed by atoms with E-state index in [1.165, 1.54) is 12.1 Å². The van der Waals surface area contributed by atoms with Crippen LogP contribution in [0.25, 0.3) is 0 Å². The van der Waals surface area contributed by atoms with E-state index in [0.717, 1.165) is 11.6 Å². The lowest BCUT2D eigenvalue weighted by atomic mass is 10.1. The van der Waals surface area contributed by atoms with Crippen LogP contribution in [0.2, 0.25) is 0 Å². The fourth-order valence-electron chi connectivity index (χ4n) is 1.98. The first-order chi connectivity index (χ1) is 12.5. The van der Waals surface area contributed by atoms with E-state index in [4.69, 9.17) is 14.9 Å². The lowest BCUT2D eigenvalue weighted by Gasteiger charge is -2.04. The minimum absolute atomic E-state index is 0.0344. The van der Waals surface area contributed by atoms with Gasteiger partial charge < -0.3 is 20.3 Å². The Balaban J connectivity index is 1.92. The number of carbonyl (C=O) groups excluding carboxylic acids is 1. The number of ether oxygens (including phenoxy) is 1. The highest BCUT2D eigenvalue weighted by Crippen LogP contribution is 2.10. The summed E-state index contributed by atoms with van der Waals surface area (Å²) in [5.41, 5.74) is 0.719. The van der Waals surface area contributed by atoms with Crippen molar-refractivity contribution < 1.29 is 29.3 Å². The lowest BCUT2D eigenvalue weighted by Crippen LogP contribution is -2.24. The summed E-state index contributed by atoms with van der Waals surface area (Å²) in [6.45, 7) is 0.0933. The second kappa shape index (κ2) is 8.89. The van der Waals surface area contributed by atoms with Gasteiger partial charge in [0.05, 0.1) is 17.7 Å². The number of hydrogen-bond donors (Lipinski definition) is 3. The van der Waals surface area contributed by atoms with Crippen molar-refractivity contribution in [2.75, 3.05) is 6.54 Å². The first-order valence-corrected chi connectivity index (χ1v) is 7.51.